The Labute approximate surface area is 318 Å². The molecule has 0 atom stereocenters. The number of benzene rings is 7. The van der Waals surface area contributed by atoms with Crippen molar-refractivity contribution < 1.29 is 13.2 Å². The van der Waals surface area contributed by atoms with Gasteiger partial charge in [0.25, 0.3) is 10.0 Å². The molecule has 0 amide bonds. The molecule has 0 fully saturated rings. The van der Waals surface area contributed by atoms with Gasteiger partial charge in [-0.05, 0) is 81.6 Å². The number of carbonyl (C=O) groups is 1. The van der Waals surface area contributed by atoms with Crippen molar-refractivity contribution in [2.45, 2.75) is 4.90 Å². The molecule has 0 saturated heterocycles. The fraction of sp³-hybridized carbons (Fsp3) is 0. The van der Waals surface area contributed by atoms with E-state index in [1.54, 1.807) is 48.5 Å². The van der Waals surface area contributed by atoms with Gasteiger partial charge in [0, 0.05) is 22.3 Å². The van der Waals surface area contributed by atoms with Crippen molar-refractivity contribution in [3.05, 3.63) is 180 Å². The van der Waals surface area contributed by atoms with Gasteiger partial charge in [0.05, 0.1) is 16.3 Å². The number of nitrogens with zero attached hydrogens (tertiary/aromatic N) is 3. The summed E-state index contributed by atoms with van der Waals surface area (Å²) >= 11 is 0. The summed E-state index contributed by atoms with van der Waals surface area (Å²) < 4.78 is 29.8. The normalized spacial score (nSPS) is 11.5. The van der Waals surface area contributed by atoms with E-state index in [0.717, 1.165) is 39.3 Å². The number of fused-ring (bicyclic) bond motifs is 1. The van der Waals surface area contributed by atoms with Crippen LogP contribution >= 0.6 is 0 Å². The van der Waals surface area contributed by atoms with Crippen molar-refractivity contribution in [3.8, 4) is 45.3 Å². The fourth-order valence-corrected chi connectivity index (χ4v) is 7.49. The van der Waals surface area contributed by atoms with Crippen LogP contribution in [0.25, 0.3) is 68.2 Å². The molecule has 9 heteroatoms. The molecule has 0 aliphatic heterocycles. The first-order valence-corrected chi connectivity index (χ1v) is 19.0. The summed E-state index contributed by atoms with van der Waals surface area (Å²) in [6, 6.07) is 50.8. The van der Waals surface area contributed by atoms with Gasteiger partial charge in [-0.2, -0.15) is 0 Å². The molecule has 8 nitrogen and oxygen atoms in total. The maximum atomic E-state index is 13.6. The molecule has 0 spiro atoms. The SMILES string of the molecule is Nc1cccc(-c2nc(-c3cccc(-c4ccc5ccccc5c4)c3)nc(-c3ccc(C=Cc4ccccc4)cc3C=O)n2)c1NS(=O)(=O)c1ccccc1. The zero-order valence-electron chi connectivity index (χ0n) is 29.4. The van der Waals surface area contributed by atoms with Crippen LogP contribution in [0.5, 0.6) is 0 Å². The van der Waals surface area contributed by atoms with E-state index in [0.29, 0.717) is 28.1 Å². The van der Waals surface area contributed by atoms with E-state index in [-0.39, 0.29) is 27.9 Å². The van der Waals surface area contributed by atoms with E-state index in [9.17, 15) is 13.2 Å². The lowest BCUT2D eigenvalue weighted by atomic mass is 9.99. The topological polar surface area (TPSA) is 128 Å². The number of nitrogens with one attached hydrogen (secondary N) is 1. The first-order valence-electron chi connectivity index (χ1n) is 17.5. The van der Waals surface area contributed by atoms with E-state index >= 15 is 0 Å². The Morgan fingerprint density at radius 2 is 1.15 bits per heavy atom. The highest BCUT2D eigenvalue weighted by Crippen LogP contribution is 2.36. The van der Waals surface area contributed by atoms with Crippen LogP contribution in [-0.4, -0.2) is 29.7 Å². The summed E-state index contributed by atoms with van der Waals surface area (Å²) in [5.41, 5.74) is 12.5. The second kappa shape index (κ2) is 15.0. The number of anilines is 2. The van der Waals surface area contributed by atoms with Crippen molar-refractivity contribution in [2.24, 2.45) is 0 Å². The second-order valence-corrected chi connectivity index (χ2v) is 14.5. The van der Waals surface area contributed by atoms with Crippen LogP contribution in [0.15, 0.2) is 169 Å². The number of carbonyl (C=O) groups excluding carboxylic acids is 1. The largest absolute Gasteiger partial charge is 0.397 e. The Morgan fingerprint density at radius 1 is 0.509 bits per heavy atom. The predicted molar refractivity (Wildman–Crippen MR) is 221 cm³/mol. The lowest BCUT2D eigenvalue weighted by molar-refractivity contribution is 0.112. The number of aldehydes is 1. The van der Waals surface area contributed by atoms with E-state index in [1.165, 1.54) is 12.1 Å². The quantitative estimate of drug-likeness (QED) is 0.0813. The number of aromatic nitrogens is 3. The summed E-state index contributed by atoms with van der Waals surface area (Å²) in [6.45, 7) is 0. The average molecular weight is 736 g/mol. The number of hydrogen-bond acceptors (Lipinski definition) is 7. The molecule has 0 aliphatic carbocycles. The Bertz CT molecular complexity index is 2840. The summed E-state index contributed by atoms with van der Waals surface area (Å²) in [7, 11) is -4.04. The lowest BCUT2D eigenvalue weighted by Gasteiger charge is -2.16. The van der Waals surface area contributed by atoms with Crippen molar-refractivity contribution >= 4 is 50.6 Å². The molecule has 0 radical (unpaired) electrons. The molecule has 0 saturated carbocycles. The monoisotopic (exact) mass is 735 g/mol. The number of para-hydroxylation sites is 1. The van der Waals surface area contributed by atoms with Gasteiger partial charge < -0.3 is 5.73 Å². The van der Waals surface area contributed by atoms with Crippen LogP contribution in [0, 0.1) is 0 Å². The van der Waals surface area contributed by atoms with Gasteiger partial charge in [0.15, 0.2) is 23.8 Å². The number of rotatable bonds is 10. The predicted octanol–water partition coefficient (Wildman–Crippen LogP) is 10.1. The molecular formula is C46H33N5O3S. The van der Waals surface area contributed by atoms with Crippen LogP contribution in [0.2, 0.25) is 0 Å². The third-order valence-corrected chi connectivity index (χ3v) is 10.5. The van der Waals surface area contributed by atoms with E-state index in [1.807, 2.05) is 84.9 Å². The molecule has 3 N–H and O–H groups in total. The third-order valence-electron chi connectivity index (χ3n) is 9.18. The second-order valence-electron chi connectivity index (χ2n) is 12.8. The molecule has 0 aliphatic rings. The molecule has 7 aromatic carbocycles. The lowest BCUT2D eigenvalue weighted by Crippen LogP contribution is -2.15. The Kier molecular flexibility index (Phi) is 9.51. The highest BCUT2D eigenvalue weighted by molar-refractivity contribution is 7.92. The highest BCUT2D eigenvalue weighted by Gasteiger charge is 2.22. The Balaban J connectivity index is 1.27. The summed E-state index contributed by atoms with van der Waals surface area (Å²) in [5, 5.41) is 2.26. The number of nitrogens with two attached hydrogens (primary N) is 1. The van der Waals surface area contributed by atoms with E-state index < -0.39 is 10.0 Å². The molecule has 0 unspecified atom stereocenters. The molecule has 0 bridgehead atoms. The average Bonchev–Trinajstić information content (AvgIpc) is 3.24. The van der Waals surface area contributed by atoms with Gasteiger partial charge >= 0.3 is 0 Å². The van der Waals surface area contributed by atoms with Crippen LogP contribution in [-0.2, 0) is 10.0 Å². The van der Waals surface area contributed by atoms with Gasteiger partial charge in [-0.15, -0.1) is 0 Å². The van der Waals surface area contributed by atoms with Gasteiger partial charge in [-0.25, -0.2) is 23.4 Å². The molecule has 266 valence electrons. The highest BCUT2D eigenvalue weighted by atomic mass is 32.2. The minimum absolute atomic E-state index is 0.0729. The number of nitrogen functional groups attached to an aromatic ring is 1. The molecule has 1 aromatic heterocycles. The van der Waals surface area contributed by atoms with Crippen LogP contribution in [0.3, 0.4) is 0 Å². The maximum Gasteiger partial charge on any atom is 0.261 e. The summed E-state index contributed by atoms with van der Waals surface area (Å²) in [5.74, 6) is 0.724. The minimum atomic E-state index is -4.04. The van der Waals surface area contributed by atoms with Gasteiger partial charge in [-0.1, -0.05) is 127 Å². The van der Waals surface area contributed by atoms with E-state index in [4.69, 9.17) is 20.7 Å². The number of hydrogen-bond donors (Lipinski definition) is 2. The smallest absolute Gasteiger partial charge is 0.261 e. The van der Waals surface area contributed by atoms with E-state index in [2.05, 4.69) is 35.1 Å². The Hall–Kier alpha value is -7.23. The van der Waals surface area contributed by atoms with Crippen LogP contribution < -0.4 is 10.5 Å². The first-order chi connectivity index (χ1) is 26.8. The van der Waals surface area contributed by atoms with Crippen molar-refractivity contribution in [1.82, 2.24) is 15.0 Å². The maximum absolute atomic E-state index is 13.6. The van der Waals surface area contributed by atoms with Crippen molar-refractivity contribution in [3.63, 3.8) is 0 Å². The van der Waals surface area contributed by atoms with Gasteiger partial charge in [0.1, 0.15) is 0 Å². The molecule has 8 aromatic rings. The minimum Gasteiger partial charge on any atom is -0.397 e. The number of sulfonamides is 1. The summed E-state index contributed by atoms with van der Waals surface area (Å²) in [4.78, 5) is 27.4. The first kappa shape index (κ1) is 34.8. The van der Waals surface area contributed by atoms with Crippen molar-refractivity contribution in [2.75, 3.05) is 10.5 Å². The van der Waals surface area contributed by atoms with Gasteiger partial charge in [-0.3, -0.25) is 9.52 Å². The van der Waals surface area contributed by atoms with Gasteiger partial charge in [0.2, 0.25) is 0 Å². The summed E-state index contributed by atoms with van der Waals surface area (Å²) in [6.07, 6.45) is 4.69. The third kappa shape index (κ3) is 7.50. The van der Waals surface area contributed by atoms with Crippen molar-refractivity contribution in [1.29, 1.82) is 0 Å². The standard InChI is InChI=1S/C46H33N5O3S/c47-42-20-10-19-41(43(42)51-55(53,54)39-17-5-2-6-18-39)46-49-44(37-16-9-15-35(29-37)36-25-24-33-13-7-8-14-34(33)28-36)48-45(50-46)40-26-23-32(27-38(40)30-52)22-21-31-11-3-1-4-12-31/h1-30,51H,47H2. The molecular weight excluding hydrogens is 703 g/mol. The van der Waals surface area contributed by atoms with Crippen LogP contribution in [0.1, 0.15) is 21.5 Å². The zero-order valence-corrected chi connectivity index (χ0v) is 30.2. The fourth-order valence-electron chi connectivity index (χ4n) is 6.36. The molecule has 55 heavy (non-hydrogen) atoms. The molecule has 8 rings (SSSR count). The Morgan fingerprint density at radius 3 is 1.93 bits per heavy atom. The zero-order chi connectivity index (χ0) is 37.8. The van der Waals surface area contributed by atoms with Crippen LogP contribution in [0.4, 0.5) is 11.4 Å². The molecule has 1 heterocycles.